The number of benzene rings is 1. The summed E-state index contributed by atoms with van der Waals surface area (Å²) in [5.74, 6) is 0.181. The number of halogens is 1. The summed E-state index contributed by atoms with van der Waals surface area (Å²) in [5.41, 5.74) is 2.67. The van der Waals surface area contributed by atoms with Crippen molar-refractivity contribution in [3.05, 3.63) is 66.1 Å². The summed E-state index contributed by atoms with van der Waals surface area (Å²) in [6.07, 6.45) is 9.51. The number of hydrogen-bond acceptors (Lipinski definition) is 5. The number of aliphatic carboxylic acids is 1. The SMILES string of the molecule is COc1ccc2nccc(C(F)CC[C@@H]3CCN(CCCCc4ccncc4)C[C@@H]3CC(=O)O)c2c1. The maximum atomic E-state index is 15.5. The maximum Gasteiger partial charge on any atom is 0.303 e. The second-order valence-electron chi connectivity index (χ2n) is 9.85. The van der Waals surface area contributed by atoms with E-state index in [4.69, 9.17) is 4.74 Å². The fourth-order valence-corrected chi connectivity index (χ4v) is 5.47. The highest BCUT2D eigenvalue weighted by Crippen LogP contribution is 2.36. The smallest absolute Gasteiger partial charge is 0.303 e. The predicted octanol–water partition coefficient (Wildman–Crippen LogP) is 5.86. The molecule has 3 aromatic rings. The summed E-state index contributed by atoms with van der Waals surface area (Å²) < 4.78 is 20.8. The minimum absolute atomic E-state index is 0.0536. The minimum atomic E-state index is -1.13. The highest BCUT2D eigenvalue weighted by Gasteiger charge is 2.31. The Morgan fingerprint density at radius 3 is 2.78 bits per heavy atom. The Balaban J connectivity index is 1.31. The Kier molecular flexibility index (Phi) is 9.23. The van der Waals surface area contributed by atoms with E-state index in [0.717, 1.165) is 56.2 Å². The van der Waals surface area contributed by atoms with Crippen molar-refractivity contribution in [2.45, 2.75) is 51.1 Å². The number of aryl methyl sites for hydroxylation is 1. The fraction of sp³-hybridized carbons (Fsp3) is 0.483. The number of ether oxygens (including phenoxy) is 1. The maximum absolute atomic E-state index is 15.5. The van der Waals surface area contributed by atoms with Crippen LogP contribution in [0.2, 0.25) is 0 Å². The molecule has 0 bridgehead atoms. The largest absolute Gasteiger partial charge is 0.497 e. The molecular weight excluding hydrogens is 457 g/mol. The number of pyridine rings is 2. The van der Waals surface area contributed by atoms with Crippen LogP contribution in [0, 0.1) is 11.8 Å². The molecule has 1 N–H and O–H groups in total. The van der Waals surface area contributed by atoms with E-state index in [1.54, 1.807) is 19.4 Å². The molecule has 1 aromatic carbocycles. The summed E-state index contributed by atoms with van der Waals surface area (Å²) in [6.45, 7) is 2.70. The number of rotatable bonds is 12. The van der Waals surface area contributed by atoms with Gasteiger partial charge in [0, 0.05) is 36.9 Å². The molecule has 7 heteroatoms. The number of alkyl halides is 1. The van der Waals surface area contributed by atoms with Gasteiger partial charge in [-0.3, -0.25) is 14.8 Å². The van der Waals surface area contributed by atoms with Gasteiger partial charge in [0.15, 0.2) is 0 Å². The van der Waals surface area contributed by atoms with E-state index in [-0.39, 0.29) is 18.3 Å². The van der Waals surface area contributed by atoms with Crippen LogP contribution in [0.25, 0.3) is 10.9 Å². The first kappa shape index (κ1) is 26.0. The number of methoxy groups -OCH3 is 1. The molecule has 3 heterocycles. The molecule has 192 valence electrons. The number of fused-ring (bicyclic) bond motifs is 1. The lowest BCUT2D eigenvalue weighted by atomic mass is 9.79. The number of carbonyl (C=O) groups is 1. The zero-order valence-corrected chi connectivity index (χ0v) is 21.0. The molecule has 1 unspecified atom stereocenters. The molecule has 4 rings (SSSR count). The van der Waals surface area contributed by atoms with Crippen molar-refractivity contribution in [2.24, 2.45) is 11.8 Å². The first-order valence-corrected chi connectivity index (χ1v) is 12.9. The van der Waals surface area contributed by atoms with Gasteiger partial charge in [0.25, 0.3) is 0 Å². The molecule has 0 radical (unpaired) electrons. The van der Waals surface area contributed by atoms with Gasteiger partial charge in [0.2, 0.25) is 0 Å². The monoisotopic (exact) mass is 493 g/mol. The topological polar surface area (TPSA) is 75.5 Å². The van der Waals surface area contributed by atoms with Crippen LogP contribution in [0.4, 0.5) is 4.39 Å². The molecule has 6 nitrogen and oxygen atoms in total. The number of carboxylic acids is 1. The standard InChI is InChI=1S/C29H36FN3O3/c1-36-24-6-8-28-26(19-24)25(11-15-32-28)27(30)7-5-22-12-17-33(20-23(22)18-29(34)35)16-3-2-4-21-9-13-31-14-10-21/h6,8-11,13-15,19,22-23,27H,2-5,7,12,16-18,20H2,1H3,(H,34,35)/t22-,23+,27?/m1/s1. The minimum Gasteiger partial charge on any atom is -0.497 e. The molecule has 2 aromatic heterocycles. The van der Waals surface area contributed by atoms with Gasteiger partial charge < -0.3 is 14.7 Å². The molecule has 1 saturated heterocycles. The van der Waals surface area contributed by atoms with E-state index >= 15 is 4.39 Å². The van der Waals surface area contributed by atoms with Gasteiger partial charge in [0.05, 0.1) is 12.6 Å². The van der Waals surface area contributed by atoms with E-state index in [1.165, 1.54) is 5.56 Å². The van der Waals surface area contributed by atoms with Gasteiger partial charge in [-0.2, -0.15) is 0 Å². The molecule has 0 amide bonds. The summed E-state index contributed by atoms with van der Waals surface area (Å²) in [7, 11) is 1.60. The second-order valence-corrected chi connectivity index (χ2v) is 9.85. The molecule has 1 aliphatic heterocycles. The van der Waals surface area contributed by atoms with E-state index in [0.29, 0.717) is 24.2 Å². The van der Waals surface area contributed by atoms with Crippen molar-refractivity contribution in [1.82, 2.24) is 14.9 Å². The molecule has 0 saturated carbocycles. The Morgan fingerprint density at radius 1 is 1.17 bits per heavy atom. The van der Waals surface area contributed by atoms with Crippen LogP contribution in [-0.4, -0.2) is 52.7 Å². The third-order valence-electron chi connectivity index (χ3n) is 7.46. The van der Waals surface area contributed by atoms with Crippen LogP contribution in [0.3, 0.4) is 0 Å². The third kappa shape index (κ3) is 7.00. The van der Waals surface area contributed by atoms with Gasteiger partial charge >= 0.3 is 5.97 Å². The number of likely N-dealkylation sites (tertiary alicyclic amines) is 1. The van der Waals surface area contributed by atoms with Crippen molar-refractivity contribution < 1.29 is 19.0 Å². The second kappa shape index (κ2) is 12.8. The van der Waals surface area contributed by atoms with Crippen molar-refractivity contribution in [1.29, 1.82) is 0 Å². The summed E-state index contributed by atoms with van der Waals surface area (Å²) in [5, 5.41) is 10.3. The van der Waals surface area contributed by atoms with Crippen molar-refractivity contribution in [3.8, 4) is 5.75 Å². The highest BCUT2D eigenvalue weighted by atomic mass is 19.1. The highest BCUT2D eigenvalue weighted by molar-refractivity contribution is 5.83. The molecule has 0 spiro atoms. The molecule has 36 heavy (non-hydrogen) atoms. The molecule has 1 aliphatic rings. The average Bonchev–Trinajstić information content (AvgIpc) is 2.90. The number of unbranched alkanes of at least 4 members (excludes halogenated alkanes) is 1. The Bertz CT molecular complexity index is 1130. The first-order chi connectivity index (χ1) is 17.5. The third-order valence-corrected chi connectivity index (χ3v) is 7.46. The number of aromatic nitrogens is 2. The normalized spacial score (nSPS) is 19.3. The first-order valence-electron chi connectivity index (χ1n) is 12.9. The molecular formula is C29H36FN3O3. The van der Waals surface area contributed by atoms with Gasteiger partial charge in [-0.25, -0.2) is 4.39 Å². The number of carboxylic acid groups (broad SMARTS) is 1. The number of piperidine rings is 1. The summed E-state index contributed by atoms with van der Waals surface area (Å²) in [6, 6.07) is 11.4. The zero-order valence-electron chi connectivity index (χ0n) is 21.0. The zero-order chi connectivity index (χ0) is 25.3. The molecule has 3 atom stereocenters. The molecule has 1 fully saturated rings. The van der Waals surface area contributed by atoms with Gasteiger partial charge in [-0.15, -0.1) is 0 Å². The van der Waals surface area contributed by atoms with Crippen LogP contribution >= 0.6 is 0 Å². The van der Waals surface area contributed by atoms with Crippen LogP contribution in [0.15, 0.2) is 55.0 Å². The van der Waals surface area contributed by atoms with Crippen molar-refractivity contribution in [3.63, 3.8) is 0 Å². The summed E-state index contributed by atoms with van der Waals surface area (Å²) >= 11 is 0. The van der Waals surface area contributed by atoms with E-state index in [9.17, 15) is 9.90 Å². The van der Waals surface area contributed by atoms with Crippen molar-refractivity contribution in [2.75, 3.05) is 26.7 Å². The Hall–Kier alpha value is -3.06. The fourth-order valence-electron chi connectivity index (χ4n) is 5.47. The lowest BCUT2D eigenvalue weighted by Crippen LogP contribution is -2.41. The number of nitrogens with zero attached hydrogens (tertiary/aromatic N) is 3. The van der Waals surface area contributed by atoms with Crippen LogP contribution in [-0.2, 0) is 11.2 Å². The van der Waals surface area contributed by atoms with Crippen LogP contribution in [0.5, 0.6) is 5.75 Å². The lowest BCUT2D eigenvalue weighted by molar-refractivity contribution is -0.139. The van der Waals surface area contributed by atoms with Crippen LogP contribution in [0.1, 0.15) is 55.8 Å². The van der Waals surface area contributed by atoms with E-state index in [2.05, 4.69) is 27.0 Å². The van der Waals surface area contributed by atoms with Gasteiger partial charge in [-0.1, -0.05) is 0 Å². The van der Waals surface area contributed by atoms with Crippen molar-refractivity contribution >= 4 is 16.9 Å². The Morgan fingerprint density at radius 2 is 2.00 bits per heavy atom. The van der Waals surface area contributed by atoms with E-state index < -0.39 is 12.1 Å². The lowest BCUT2D eigenvalue weighted by Gasteiger charge is -2.38. The number of hydrogen-bond donors (Lipinski definition) is 1. The quantitative estimate of drug-likeness (QED) is 0.318. The molecule has 0 aliphatic carbocycles. The van der Waals surface area contributed by atoms with Gasteiger partial charge in [0.1, 0.15) is 11.9 Å². The summed E-state index contributed by atoms with van der Waals surface area (Å²) in [4.78, 5) is 22.4. The predicted molar refractivity (Wildman–Crippen MR) is 139 cm³/mol. The average molecular weight is 494 g/mol. The van der Waals surface area contributed by atoms with E-state index in [1.807, 2.05) is 30.6 Å². The van der Waals surface area contributed by atoms with Crippen LogP contribution < -0.4 is 4.74 Å². The Labute approximate surface area is 212 Å². The van der Waals surface area contributed by atoms with Gasteiger partial charge in [-0.05, 0) is 111 Å².